The average molecular weight is 291 g/mol. The summed E-state index contributed by atoms with van der Waals surface area (Å²) in [5.74, 6) is 0.678. The van der Waals surface area contributed by atoms with Gasteiger partial charge in [-0.1, -0.05) is 6.92 Å². The Hall–Kier alpha value is -1.75. The van der Waals surface area contributed by atoms with E-state index in [2.05, 4.69) is 11.8 Å². The molecule has 1 atom stereocenters. The Balaban J connectivity index is 1.78. The molecule has 0 saturated carbocycles. The van der Waals surface area contributed by atoms with Gasteiger partial charge >= 0.3 is 0 Å². The zero-order valence-electron chi connectivity index (χ0n) is 12.9. The van der Waals surface area contributed by atoms with Gasteiger partial charge in [-0.25, -0.2) is 0 Å². The Labute approximate surface area is 126 Å². The van der Waals surface area contributed by atoms with Crippen molar-refractivity contribution in [1.82, 2.24) is 9.80 Å². The summed E-state index contributed by atoms with van der Waals surface area (Å²) in [6.07, 6.45) is 2.40. The first kappa shape index (κ1) is 15.6. The lowest BCUT2D eigenvalue weighted by Crippen LogP contribution is -2.42. The van der Waals surface area contributed by atoms with Crippen LogP contribution in [0.1, 0.15) is 19.8 Å². The van der Waals surface area contributed by atoms with Crippen molar-refractivity contribution in [2.45, 2.75) is 25.8 Å². The van der Waals surface area contributed by atoms with Crippen LogP contribution in [0.5, 0.6) is 5.75 Å². The van der Waals surface area contributed by atoms with E-state index in [1.165, 1.54) is 12.8 Å². The lowest BCUT2D eigenvalue weighted by Gasteiger charge is -2.27. The quantitative estimate of drug-likeness (QED) is 0.809. The Kier molecular flexibility index (Phi) is 5.44. The number of hydrogen-bond donors (Lipinski definition) is 1. The number of anilines is 1. The summed E-state index contributed by atoms with van der Waals surface area (Å²) >= 11 is 0. The number of nitrogens with zero attached hydrogens (tertiary/aromatic N) is 2. The van der Waals surface area contributed by atoms with E-state index in [0.717, 1.165) is 19.6 Å². The third-order valence-electron chi connectivity index (χ3n) is 4.06. The lowest BCUT2D eigenvalue weighted by molar-refractivity contribution is -0.132. The molecule has 1 saturated heterocycles. The molecule has 1 unspecified atom stereocenters. The third kappa shape index (κ3) is 4.36. The summed E-state index contributed by atoms with van der Waals surface area (Å²) in [4.78, 5) is 16.3. The summed E-state index contributed by atoms with van der Waals surface area (Å²) < 4.78 is 5.50. The first-order valence-corrected chi connectivity index (χ1v) is 7.56. The van der Waals surface area contributed by atoms with Crippen LogP contribution in [0.3, 0.4) is 0 Å². The van der Waals surface area contributed by atoms with Gasteiger partial charge in [-0.05, 0) is 50.2 Å². The fourth-order valence-corrected chi connectivity index (χ4v) is 2.76. The van der Waals surface area contributed by atoms with Crippen molar-refractivity contribution in [2.75, 3.05) is 39.0 Å². The molecule has 1 amide bonds. The van der Waals surface area contributed by atoms with E-state index in [0.29, 0.717) is 17.5 Å². The van der Waals surface area contributed by atoms with Gasteiger partial charge in [0.1, 0.15) is 5.75 Å². The van der Waals surface area contributed by atoms with Gasteiger partial charge in [0, 0.05) is 25.3 Å². The number of nitrogen functional groups attached to an aromatic ring is 1. The first-order chi connectivity index (χ1) is 10.1. The van der Waals surface area contributed by atoms with Gasteiger partial charge in [0.05, 0.1) is 0 Å². The van der Waals surface area contributed by atoms with Crippen molar-refractivity contribution < 1.29 is 9.53 Å². The fraction of sp³-hybridized carbons (Fsp3) is 0.562. The molecule has 1 aromatic carbocycles. The molecule has 5 heteroatoms. The van der Waals surface area contributed by atoms with Crippen LogP contribution < -0.4 is 10.5 Å². The van der Waals surface area contributed by atoms with Gasteiger partial charge in [0.25, 0.3) is 5.91 Å². The number of likely N-dealkylation sites (N-methyl/N-ethyl adjacent to an activating group) is 2. The van der Waals surface area contributed by atoms with Gasteiger partial charge in [-0.2, -0.15) is 0 Å². The van der Waals surface area contributed by atoms with Gasteiger partial charge < -0.3 is 15.4 Å². The van der Waals surface area contributed by atoms with E-state index in [1.807, 2.05) is 7.05 Å². The highest BCUT2D eigenvalue weighted by Gasteiger charge is 2.25. The molecule has 1 aliphatic heterocycles. The highest BCUT2D eigenvalue weighted by atomic mass is 16.5. The van der Waals surface area contributed by atoms with Crippen LogP contribution in [-0.2, 0) is 4.79 Å². The fourth-order valence-electron chi connectivity index (χ4n) is 2.76. The SMILES string of the molecule is CCN1CCCC1CN(C)C(=O)COc1ccc(N)cc1. The van der Waals surface area contributed by atoms with E-state index in [-0.39, 0.29) is 12.5 Å². The number of benzene rings is 1. The molecule has 1 aromatic rings. The van der Waals surface area contributed by atoms with Gasteiger partial charge in [-0.15, -0.1) is 0 Å². The van der Waals surface area contributed by atoms with Crippen molar-refractivity contribution in [1.29, 1.82) is 0 Å². The lowest BCUT2D eigenvalue weighted by atomic mass is 10.2. The maximum Gasteiger partial charge on any atom is 0.260 e. The molecule has 1 aliphatic rings. The standard InChI is InChI=1S/C16H25N3O2/c1-3-19-10-4-5-14(19)11-18(2)16(20)12-21-15-8-6-13(17)7-9-15/h6-9,14H,3-5,10-12,17H2,1-2H3. The molecule has 116 valence electrons. The van der Waals surface area contributed by atoms with Gasteiger partial charge in [0.2, 0.25) is 0 Å². The summed E-state index contributed by atoms with van der Waals surface area (Å²) in [6, 6.07) is 7.57. The normalized spacial score (nSPS) is 18.7. The van der Waals surface area contributed by atoms with Crippen LogP contribution in [-0.4, -0.2) is 55.0 Å². The molecule has 2 N–H and O–H groups in total. The van der Waals surface area contributed by atoms with E-state index in [9.17, 15) is 4.79 Å². The summed E-state index contributed by atoms with van der Waals surface area (Å²) in [7, 11) is 1.85. The molecule has 21 heavy (non-hydrogen) atoms. The van der Waals surface area contributed by atoms with Crippen molar-refractivity contribution >= 4 is 11.6 Å². The van der Waals surface area contributed by atoms with E-state index >= 15 is 0 Å². The van der Waals surface area contributed by atoms with Gasteiger partial charge in [-0.3, -0.25) is 9.69 Å². The molecular formula is C16H25N3O2. The minimum Gasteiger partial charge on any atom is -0.484 e. The van der Waals surface area contributed by atoms with Gasteiger partial charge in [0.15, 0.2) is 6.61 Å². The Morgan fingerprint density at radius 2 is 2.14 bits per heavy atom. The summed E-state index contributed by atoms with van der Waals surface area (Å²) in [6.45, 7) is 5.21. The zero-order valence-corrected chi connectivity index (χ0v) is 12.9. The second-order valence-corrected chi connectivity index (χ2v) is 5.56. The Morgan fingerprint density at radius 3 is 2.81 bits per heavy atom. The molecule has 0 aliphatic carbocycles. The Morgan fingerprint density at radius 1 is 1.43 bits per heavy atom. The smallest absolute Gasteiger partial charge is 0.260 e. The molecule has 5 nitrogen and oxygen atoms in total. The molecule has 2 rings (SSSR count). The predicted octanol–water partition coefficient (Wildman–Crippen LogP) is 1.59. The molecule has 0 bridgehead atoms. The highest BCUT2D eigenvalue weighted by Crippen LogP contribution is 2.17. The minimum absolute atomic E-state index is 0.00905. The second kappa shape index (κ2) is 7.31. The van der Waals surface area contributed by atoms with Crippen molar-refractivity contribution in [3.63, 3.8) is 0 Å². The summed E-state index contributed by atoms with van der Waals surface area (Å²) in [5, 5.41) is 0. The first-order valence-electron chi connectivity index (χ1n) is 7.56. The molecule has 1 fully saturated rings. The highest BCUT2D eigenvalue weighted by molar-refractivity contribution is 5.77. The van der Waals surface area contributed by atoms with E-state index in [1.54, 1.807) is 29.2 Å². The third-order valence-corrected chi connectivity index (χ3v) is 4.06. The topological polar surface area (TPSA) is 58.8 Å². The van der Waals surface area contributed by atoms with Crippen LogP contribution in [0.25, 0.3) is 0 Å². The largest absolute Gasteiger partial charge is 0.484 e. The number of rotatable bonds is 6. The number of amides is 1. The van der Waals surface area contributed by atoms with E-state index < -0.39 is 0 Å². The van der Waals surface area contributed by atoms with Crippen LogP contribution in [0.2, 0.25) is 0 Å². The maximum atomic E-state index is 12.1. The number of nitrogens with two attached hydrogens (primary N) is 1. The van der Waals surface area contributed by atoms with E-state index in [4.69, 9.17) is 10.5 Å². The second-order valence-electron chi connectivity index (χ2n) is 5.56. The molecule has 0 radical (unpaired) electrons. The monoisotopic (exact) mass is 291 g/mol. The summed E-state index contributed by atoms with van der Waals surface area (Å²) in [5.41, 5.74) is 6.30. The molecule has 1 heterocycles. The van der Waals surface area contributed by atoms with Crippen LogP contribution in [0.4, 0.5) is 5.69 Å². The van der Waals surface area contributed by atoms with Crippen LogP contribution in [0.15, 0.2) is 24.3 Å². The van der Waals surface area contributed by atoms with Crippen LogP contribution >= 0.6 is 0 Å². The average Bonchev–Trinajstić information content (AvgIpc) is 2.93. The van der Waals surface area contributed by atoms with Crippen LogP contribution in [0, 0.1) is 0 Å². The predicted molar refractivity (Wildman–Crippen MR) is 84.3 cm³/mol. The number of carbonyl (C=O) groups is 1. The Bertz CT molecular complexity index is 461. The number of hydrogen-bond acceptors (Lipinski definition) is 4. The molecule has 0 aromatic heterocycles. The van der Waals surface area contributed by atoms with Crippen molar-refractivity contribution in [3.8, 4) is 5.75 Å². The maximum absolute atomic E-state index is 12.1. The number of ether oxygens (including phenoxy) is 1. The number of likely N-dealkylation sites (tertiary alicyclic amines) is 1. The number of carbonyl (C=O) groups excluding carboxylic acids is 1. The van der Waals surface area contributed by atoms with Crippen molar-refractivity contribution in [3.05, 3.63) is 24.3 Å². The zero-order chi connectivity index (χ0) is 15.2. The minimum atomic E-state index is 0.00905. The molecule has 0 spiro atoms. The van der Waals surface area contributed by atoms with Crippen molar-refractivity contribution in [2.24, 2.45) is 0 Å². The molecular weight excluding hydrogens is 266 g/mol.